The van der Waals surface area contributed by atoms with E-state index in [-0.39, 0.29) is 35.6 Å². The number of Topliss-reactive ketones (excluding diaryl/α,β-unsaturated/α-hetero) is 3. The van der Waals surface area contributed by atoms with Gasteiger partial charge in [0.2, 0.25) is 0 Å². The highest BCUT2D eigenvalue weighted by molar-refractivity contribution is 6.03. The molecule has 1 spiro atoms. The van der Waals surface area contributed by atoms with E-state index in [1.165, 1.54) is 5.01 Å². The van der Waals surface area contributed by atoms with Gasteiger partial charge in [-0.15, -0.1) is 0 Å². The molecule has 3 saturated heterocycles. The zero-order valence-electron chi connectivity index (χ0n) is 21.6. The summed E-state index contributed by atoms with van der Waals surface area (Å²) < 4.78 is 12.2. The molecule has 3 unspecified atom stereocenters. The summed E-state index contributed by atoms with van der Waals surface area (Å²) in [5.41, 5.74) is -2.38. The molecule has 4 aliphatic rings. The van der Waals surface area contributed by atoms with Crippen LogP contribution in [0.4, 0.5) is 0 Å². The summed E-state index contributed by atoms with van der Waals surface area (Å²) in [4.78, 5) is 53.2. The van der Waals surface area contributed by atoms with Gasteiger partial charge in [-0.1, -0.05) is 34.6 Å². The third-order valence-electron chi connectivity index (χ3n) is 9.88. The topological polar surface area (TPSA) is 116 Å². The van der Waals surface area contributed by atoms with Gasteiger partial charge in [0.1, 0.15) is 29.1 Å². The van der Waals surface area contributed by atoms with Gasteiger partial charge >= 0.3 is 5.97 Å². The van der Waals surface area contributed by atoms with E-state index in [1.807, 2.05) is 41.5 Å². The van der Waals surface area contributed by atoms with E-state index >= 15 is 0 Å². The molecule has 11 atom stereocenters. The van der Waals surface area contributed by atoms with Crippen LogP contribution in [0.25, 0.3) is 0 Å². The Morgan fingerprint density at radius 3 is 2.21 bits per heavy atom. The second-order valence-corrected chi connectivity index (χ2v) is 11.6. The average Bonchev–Trinajstić information content (AvgIpc) is 3.29. The van der Waals surface area contributed by atoms with Crippen LogP contribution in [0.5, 0.6) is 0 Å². The van der Waals surface area contributed by atoms with Crippen molar-refractivity contribution in [3.8, 4) is 0 Å². The summed E-state index contributed by atoms with van der Waals surface area (Å²) >= 11 is 0. The molecule has 4 fully saturated rings. The summed E-state index contributed by atoms with van der Waals surface area (Å²) in [6.07, 6.45) is 1.34. The molecule has 1 aliphatic carbocycles. The van der Waals surface area contributed by atoms with Gasteiger partial charge in [0.05, 0.1) is 18.2 Å². The Bertz CT molecular complexity index is 921. The zero-order valence-corrected chi connectivity index (χ0v) is 21.6. The predicted molar refractivity (Wildman–Crippen MR) is 124 cm³/mol. The van der Waals surface area contributed by atoms with Gasteiger partial charge < -0.3 is 9.47 Å². The van der Waals surface area contributed by atoms with Gasteiger partial charge in [-0.25, -0.2) is 5.01 Å². The molecule has 8 heteroatoms. The van der Waals surface area contributed by atoms with Crippen molar-refractivity contribution in [1.29, 1.82) is 0 Å². The molecule has 2 bridgehead atoms. The molecule has 1 saturated carbocycles. The fourth-order valence-corrected chi connectivity index (χ4v) is 7.85. The molecule has 4 rings (SSSR count). The minimum Gasteiger partial charge on any atom is -0.461 e. The van der Waals surface area contributed by atoms with Gasteiger partial charge in [-0.3, -0.25) is 25.0 Å². The lowest BCUT2D eigenvalue weighted by Gasteiger charge is -2.50. The second kappa shape index (κ2) is 8.20. The number of rotatable bonds is 2. The Labute approximate surface area is 202 Å². The van der Waals surface area contributed by atoms with Gasteiger partial charge in [-0.05, 0) is 39.0 Å². The quantitative estimate of drug-likeness (QED) is 0.280. The highest BCUT2D eigenvalue weighted by Gasteiger charge is 2.84. The maximum absolute atomic E-state index is 13.6. The third-order valence-corrected chi connectivity index (χ3v) is 9.88. The number of hydrogen-bond donors (Lipinski definition) is 1. The lowest BCUT2D eigenvalue weighted by Crippen LogP contribution is -2.65. The van der Waals surface area contributed by atoms with Crippen LogP contribution in [-0.4, -0.2) is 58.2 Å². The summed E-state index contributed by atoms with van der Waals surface area (Å²) in [7, 11) is 0. The Kier molecular flexibility index (Phi) is 6.14. The monoisotopic (exact) mass is 476 g/mol. The van der Waals surface area contributed by atoms with E-state index in [2.05, 4.69) is 0 Å². The number of carbonyl (C=O) groups is 4. The van der Waals surface area contributed by atoms with Crippen molar-refractivity contribution in [1.82, 2.24) is 5.01 Å². The Hall–Kier alpha value is -1.64. The smallest absolute Gasteiger partial charge is 0.316 e. The molecule has 0 aromatic heterocycles. The number of ketones is 3. The number of nitrogens with two attached hydrogens (primary N) is 1. The number of cyclic esters (lactones) is 1. The van der Waals surface area contributed by atoms with Gasteiger partial charge in [-0.2, -0.15) is 0 Å². The van der Waals surface area contributed by atoms with Crippen molar-refractivity contribution in [2.24, 2.45) is 40.8 Å². The normalized spacial score (nSPS) is 51.5. The number of hydrazine groups is 1. The molecule has 0 amide bonds. The van der Waals surface area contributed by atoms with Crippen LogP contribution < -0.4 is 5.84 Å². The molecule has 2 N–H and O–H groups in total. The molecular formula is C26H40N2O6. The minimum absolute atomic E-state index is 0.0164. The summed E-state index contributed by atoms with van der Waals surface area (Å²) in [6.45, 7) is 13.4. The fourth-order valence-electron chi connectivity index (χ4n) is 7.85. The highest BCUT2D eigenvalue weighted by Crippen LogP contribution is 2.66. The van der Waals surface area contributed by atoms with E-state index in [0.29, 0.717) is 25.9 Å². The van der Waals surface area contributed by atoms with Gasteiger partial charge in [0.25, 0.3) is 0 Å². The van der Waals surface area contributed by atoms with Crippen LogP contribution >= 0.6 is 0 Å². The molecular weight excluding hydrogens is 436 g/mol. The zero-order chi connectivity index (χ0) is 25.4. The maximum Gasteiger partial charge on any atom is 0.316 e. The molecule has 8 nitrogen and oxygen atoms in total. The van der Waals surface area contributed by atoms with Crippen molar-refractivity contribution >= 4 is 23.3 Å². The fraction of sp³-hybridized carbons (Fsp3) is 0.846. The Morgan fingerprint density at radius 2 is 1.65 bits per heavy atom. The molecule has 34 heavy (non-hydrogen) atoms. The first kappa shape index (κ1) is 25.5. The lowest BCUT2D eigenvalue weighted by atomic mass is 9.53. The van der Waals surface area contributed by atoms with Crippen molar-refractivity contribution in [2.45, 2.75) is 97.4 Å². The number of ether oxygens (including phenoxy) is 2. The first-order valence-electron chi connectivity index (χ1n) is 12.8. The van der Waals surface area contributed by atoms with E-state index in [1.54, 1.807) is 6.92 Å². The predicted octanol–water partition coefficient (Wildman–Crippen LogP) is 2.47. The van der Waals surface area contributed by atoms with Crippen molar-refractivity contribution in [3.05, 3.63) is 0 Å². The van der Waals surface area contributed by atoms with E-state index in [0.717, 1.165) is 0 Å². The van der Waals surface area contributed by atoms with Crippen molar-refractivity contribution in [3.63, 3.8) is 0 Å². The van der Waals surface area contributed by atoms with E-state index < -0.39 is 52.4 Å². The van der Waals surface area contributed by atoms with Crippen LogP contribution in [0.15, 0.2) is 0 Å². The molecule has 0 radical (unpaired) electrons. The van der Waals surface area contributed by atoms with Crippen LogP contribution in [0.1, 0.15) is 74.1 Å². The van der Waals surface area contributed by atoms with Gasteiger partial charge in [0, 0.05) is 29.6 Å². The standard InChI is InChI=1S/C26H40N2O6/c1-8-17-13(3)20(30)15(5)23(32)34-19(9-2)24(6)11-18(29)26(24)22(28(26)27)14(4)21(31)16-10-25(17,7)33-12-16/h13-17,19,22H,8-12,27H2,1-7H3/t13-,14+,15-,16+,17-,19-,22?,24-,25-,26?,28?/m1/s1. The Morgan fingerprint density at radius 1 is 1.00 bits per heavy atom. The van der Waals surface area contributed by atoms with E-state index in [9.17, 15) is 19.2 Å². The number of fused-ring (bicyclic) bond motifs is 2. The van der Waals surface area contributed by atoms with Crippen LogP contribution in [0.2, 0.25) is 0 Å². The average molecular weight is 477 g/mol. The van der Waals surface area contributed by atoms with Crippen LogP contribution in [0, 0.1) is 35.0 Å². The van der Waals surface area contributed by atoms with Crippen LogP contribution in [0.3, 0.4) is 0 Å². The summed E-state index contributed by atoms with van der Waals surface area (Å²) in [5.74, 6) is 3.43. The first-order chi connectivity index (χ1) is 15.8. The van der Waals surface area contributed by atoms with Crippen LogP contribution in [-0.2, 0) is 28.7 Å². The number of carbonyl (C=O) groups excluding carboxylic acids is 4. The summed E-state index contributed by atoms with van der Waals surface area (Å²) in [6, 6.07) is -0.434. The molecule has 0 aromatic rings. The second-order valence-electron chi connectivity index (χ2n) is 11.6. The SMILES string of the molecule is CC[C@@H]1[C@@H](C)C(=O)[C@@H](C)C(=O)O[C@H](CC)[C@@]2(C)CC(=O)C23C([C@@H](C)C(=O)[C@@H]2CO[C@]1(C)C2)N3N. The summed E-state index contributed by atoms with van der Waals surface area (Å²) in [5, 5.41) is 1.52. The van der Waals surface area contributed by atoms with Crippen molar-refractivity contribution < 1.29 is 28.7 Å². The maximum atomic E-state index is 13.6. The minimum atomic E-state index is -1.02. The molecule has 190 valence electrons. The van der Waals surface area contributed by atoms with Gasteiger partial charge in [0.15, 0.2) is 5.78 Å². The molecule has 3 heterocycles. The first-order valence-corrected chi connectivity index (χ1v) is 12.8. The number of esters is 1. The lowest BCUT2D eigenvalue weighted by molar-refractivity contribution is -0.177. The highest BCUT2D eigenvalue weighted by atomic mass is 16.5. The molecule has 3 aliphatic heterocycles. The number of nitrogens with zero attached hydrogens (tertiary/aromatic N) is 1. The van der Waals surface area contributed by atoms with E-state index in [4.69, 9.17) is 15.3 Å². The van der Waals surface area contributed by atoms with Crippen molar-refractivity contribution in [2.75, 3.05) is 6.61 Å². The third kappa shape index (κ3) is 3.14. The molecule has 0 aromatic carbocycles. The largest absolute Gasteiger partial charge is 0.461 e. The number of hydrogen-bond acceptors (Lipinski definition) is 8. The Balaban J connectivity index is 1.77.